The first-order valence-corrected chi connectivity index (χ1v) is 9.91. The minimum absolute atomic E-state index is 0.112. The third-order valence-electron chi connectivity index (χ3n) is 5.43. The molecule has 2 rings (SSSR count). The Morgan fingerprint density at radius 2 is 1.89 bits per heavy atom. The summed E-state index contributed by atoms with van der Waals surface area (Å²) in [4.78, 5) is 12.1. The Kier molecular flexibility index (Phi) is 8.16. The topological polar surface area (TPSA) is 71.6 Å². The van der Waals surface area contributed by atoms with E-state index in [0.29, 0.717) is 47.3 Å². The van der Waals surface area contributed by atoms with Gasteiger partial charge in [0.15, 0.2) is 16.6 Å². The van der Waals surface area contributed by atoms with Crippen molar-refractivity contribution in [2.75, 3.05) is 14.2 Å². The number of hydrazine groups is 1. The molecule has 1 aliphatic carbocycles. The first kappa shape index (κ1) is 21.3. The van der Waals surface area contributed by atoms with Gasteiger partial charge in [-0.3, -0.25) is 15.6 Å². The Bertz CT molecular complexity index is 653. The lowest BCUT2D eigenvalue weighted by Crippen LogP contribution is -2.52. The first-order valence-electron chi connectivity index (χ1n) is 9.50. The predicted molar refractivity (Wildman–Crippen MR) is 111 cm³/mol. The van der Waals surface area contributed by atoms with Gasteiger partial charge >= 0.3 is 0 Å². The van der Waals surface area contributed by atoms with Crippen LogP contribution in [-0.4, -0.2) is 31.3 Å². The molecule has 6 nitrogen and oxygen atoms in total. The van der Waals surface area contributed by atoms with Crippen LogP contribution in [0.25, 0.3) is 0 Å². The number of aryl methyl sites for hydroxylation is 1. The van der Waals surface area contributed by atoms with Gasteiger partial charge in [0.1, 0.15) is 0 Å². The fourth-order valence-corrected chi connectivity index (χ4v) is 3.68. The smallest absolute Gasteiger partial charge is 0.238 e. The molecular formula is C20H31N3O3S. The monoisotopic (exact) mass is 393 g/mol. The zero-order valence-electron chi connectivity index (χ0n) is 16.6. The van der Waals surface area contributed by atoms with Crippen LogP contribution in [0.3, 0.4) is 0 Å². The third kappa shape index (κ3) is 6.27. The Morgan fingerprint density at radius 3 is 2.59 bits per heavy atom. The number of hydrogen-bond donors (Lipinski definition) is 3. The Hall–Kier alpha value is -2.02. The van der Waals surface area contributed by atoms with Crippen molar-refractivity contribution in [2.24, 2.45) is 11.8 Å². The van der Waals surface area contributed by atoms with E-state index in [1.54, 1.807) is 14.2 Å². The summed E-state index contributed by atoms with van der Waals surface area (Å²) in [6.07, 6.45) is 4.55. The van der Waals surface area contributed by atoms with Crippen LogP contribution >= 0.6 is 12.2 Å². The molecule has 1 fully saturated rings. The van der Waals surface area contributed by atoms with E-state index in [0.717, 1.165) is 12.0 Å². The second-order valence-corrected chi connectivity index (χ2v) is 7.62. The van der Waals surface area contributed by atoms with E-state index in [9.17, 15) is 4.79 Å². The number of ether oxygens (including phenoxy) is 2. The molecule has 0 aliphatic heterocycles. The van der Waals surface area contributed by atoms with E-state index < -0.39 is 0 Å². The number of rotatable bonds is 6. The summed E-state index contributed by atoms with van der Waals surface area (Å²) in [5.74, 6) is 2.48. The highest BCUT2D eigenvalue weighted by Crippen LogP contribution is 2.29. The highest BCUT2D eigenvalue weighted by Gasteiger charge is 2.27. The van der Waals surface area contributed by atoms with Crippen LogP contribution in [0.4, 0.5) is 0 Å². The lowest BCUT2D eigenvalue weighted by atomic mass is 9.78. The molecule has 0 radical (unpaired) electrons. The minimum Gasteiger partial charge on any atom is -0.493 e. The van der Waals surface area contributed by atoms with Crippen LogP contribution in [0.15, 0.2) is 18.2 Å². The van der Waals surface area contributed by atoms with Gasteiger partial charge in [0, 0.05) is 12.5 Å². The third-order valence-corrected chi connectivity index (χ3v) is 5.65. The molecule has 1 amide bonds. The lowest BCUT2D eigenvalue weighted by molar-refractivity contribution is -0.121. The summed E-state index contributed by atoms with van der Waals surface area (Å²) >= 11 is 5.32. The number of carbonyl (C=O) groups is 1. The van der Waals surface area contributed by atoms with Crippen molar-refractivity contribution >= 4 is 23.2 Å². The number of benzene rings is 1. The van der Waals surface area contributed by atoms with Gasteiger partial charge < -0.3 is 14.8 Å². The summed E-state index contributed by atoms with van der Waals surface area (Å²) in [6, 6.07) is 6.02. The van der Waals surface area contributed by atoms with Crippen LogP contribution < -0.4 is 25.6 Å². The number of carbonyl (C=O) groups excluding carboxylic acids is 1. The fourth-order valence-electron chi connectivity index (χ4n) is 3.47. The van der Waals surface area contributed by atoms with Crippen LogP contribution in [0.5, 0.6) is 11.5 Å². The second-order valence-electron chi connectivity index (χ2n) is 7.21. The van der Waals surface area contributed by atoms with Crippen molar-refractivity contribution in [2.45, 2.75) is 52.0 Å². The quantitative estimate of drug-likeness (QED) is 0.510. The molecule has 1 aromatic rings. The number of methoxy groups -OCH3 is 2. The molecular weight excluding hydrogens is 362 g/mol. The number of hydrogen-bond acceptors (Lipinski definition) is 4. The van der Waals surface area contributed by atoms with Crippen molar-refractivity contribution in [3.63, 3.8) is 0 Å². The van der Waals surface area contributed by atoms with Crippen LogP contribution in [-0.2, 0) is 11.2 Å². The van der Waals surface area contributed by atoms with E-state index in [1.165, 1.54) is 12.8 Å². The van der Waals surface area contributed by atoms with Crippen molar-refractivity contribution in [1.82, 2.24) is 16.2 Å². The molecule has 1 aliphatic rings. The highest BCUT2D eigenvalue weighted by atomic mass is 32.1. The largest absolute Gasteiger partial charge is 0.493 e. The molecule has 0 unspecified atom stereocenters. The van der Waals surface area contributed by atoms with E-state index >= 15 is 0 Å². The summed E-state index contributed by atoms with van der Waals surface area (Å²) < 4.78 is 10.5. The SMILES string of the molecule is COc1ccc(CCC(=O)NNC(=S)N[C@@H]2CCC[C@H](C)[C@H]2C)cc1OC. The van der Waals surface area contributed by atoms with Gasteiger partial charge in [0.2, 0.25) is 5.91 Å². The summed E-state index contributed by atoms with van der Waals surface area (Å²) in [5.41, 5.74) is 6.50. The minimum atomic E-state index is -0.112. The Labute approximate surface area is 167 Å². The lowest BCUT2D eigenvalue weighted by Gasteiger charge is -2.35. The Morgan fingerprint density at radius 1 is 1.15 bits per heavy atom. The number of nitrogens with one attached hydrogen (secondary N) is 3. The van der Waals surface area contributed by atoms with Crippen molar-refractivity contribution < 1.29 is 14.3 Å². The molecule has 150 valence electrons. The van der Waals surface area contributed by atoms with Crippen molar-refractivity contribution in [3.8, 4) is 11.5 Å². The summed E-state index contributed by atoms with van der Waals surface area (Å²) in [6.45, 7) is 4.54. The van der Waals surface area contributed by atoms with Gasteiger partial charge in [-0.1, -0.05) is 32.8 Å². The average molecular weight is 394 g/mol. The van der Waals surface area contributed by atoms with E-state index in [2.05, 4.69) is 30.0 Å². The fraction of sp³-hybridized carbons (Fsp3) is 0.600. The first-order chi connectivity index (χ1) is 12.9. The van der Waals surface area contributed by atoms with Gasteiger partial charge in [-0.05, 0) is 54.6 Å². The maximum atomic E-state index is 12.1. The van der Waals surface area contributed by atoms with Crippen molar-refractivity contribution in [3.05, 3.63) is 23.8 Å². The number of thiocarbonyl (C=S) groups is 1. The number of amides is 1. The molecule has 27 heavy (non-hydrogen) atoms. The van der Waals surface area contributed by atoms with E-state index in [-0.39, 0.29) is 5.91 Å². The summed E-state index contributed by atoms with van der Waals surface area (Å²) in [7, 11) is 3.20. The molecule has 0 spiro atoms. The molecule has 0 saturated heterocycles. The molecule has 1 saturated carbocycles. The van der Waals surface area contributed by atoms with Gasteiger partial charge in [0.25, 0.3) is 0 Å². The van der Waals surface area contributed by atoms with Gasteiger partial charge in [-0.15, -0.1) is 0 Å². The maximum Gasteiger partial charge on any atom is 0.238 e. The highest BCUT2D eigenvalue weighted by molar-refractivity contribution is 7.80. The maximum absolute atomic E-state index is 12.1. The average Bonchev–Trinajstić information content (AvgIpc) is 2.68. The van der Waals surface area contributed by atoms with Gasteiger partial charge in [-0.25, -0.2) is 0 Å². The summed E-state index contributed by atoms with van der Waals surface area (Å²) in [5, 5.41) is 3.80. The van der Waals surface area contributed by atoms with E-state index in [4.69, 9.17) is 21.7 Å². The standard InChI is InChI=1S/C20H31N3O3S/c1-13-6-5-7-16(14(13)2)21-20(27)23-22-19(24)11-9-15-8-10-17(25-3)18(12-15)26-4/h8,10,12-14,16H,5-7,9,11H2,1-4H3,(H,22,24)(H2,21,23,27)/t13-,14+,16+/m0/s1. The molecule has 7 heteroatoms. The van der Waals surface area contributed by atoms with Crippen LogP contribution in [0.2, 0.25) is 0 Å². The van der Waals surface area contributed by atoms with Crippen LogP contribution in [0, 0.1) is 11.8 Å². The zero-order valence-corrected chi connectivity index (χ0v) is 17.4. The zero-order chi connectivity index (χ0) is 19.8. The molecule has 0 bridgehead atoms. The van der Waals surface area contributed by atoms with Crippen molar-refractivity contribution in [1.29, 1.82) is 0 Å². The molecule has 3 N–H and O–H groups in total. The molecule has 0 heterocycles. The molecule has 3 atom stereocenters. The second kappa shape index (κ2) is 10.3. The van der Waals surface area contributed by atoms with Gasteiger partial charge in [0.05, 0.1) is 14.2 Å². The normalized spacial score (nSPS) is 21.9. The van der Waals surface area contributed by atoms with Crippen LogP contribution in [0.1, 0.15) is 45.1 Å². The van der Waals surface area contributed by atoms with E-state index in [1.807, 2.05) is 18.2 Å². The predicted octanol–water partition coefficient (Wildman–Crippen LogP) is 2.96. The molecule has 1 aromatic carbocycles. The van der Waals surface area contributed by atoms with Gasteiger partial charge in [-0.2, -0.15) is 0 Å². The Balaban J connectivity index is 1.73. The molecule has 0 aromatic heterocycles.